The number of benzene rings is 2. The Morgan fingerprint density at radius 1 is 0.938 bits per heavy atom. The fraction of sp³-hybridized carbons (Fsp3) is 0.208. The maximum Gasteiger partial charge on any atom is 0.219 e. The van der Waals surface area contributed by atoms with Crippen molar-refractivity contribution in [3.8, 4) is 28.2 Å². The van der Waals surface area contributed by atoms with Crippen molar-refractivity contribution in [2.75, 3.05) is 5.73 Å². The third kappa shape index (κ3) is 3.39. The highest BCUT2D eigenvalue weighted by Gasteiger charge is 2.22. The molecule has 32 heavy (non-hydrogen) atoms. The van der Waals surface area contributed by atoms with Crippen molar-refractivity contribution >= 4 is 17.0 Å². The number of rotatable bonds is 5. The standard InChI is InChI=1S/C24H24N8/c1-15(2)16(3)32-22-9-8-17(18-11-27-24(25)28-12-18)10-20(22)30-23(32)19-6-4-5-7-21(19)31-14-26-13-29-31/h4-16H,1-3H3,(H2,25,27,28). The van der Waals surface area contributed by atoms with Crippen molar-refractivity contribution in [3.63, 3.8) is 0 Å². The van der Waals surface area contributed by atoms with Crippen LogP contribution < -0.4 is 5.73 Å². The predicted octanol–water partition coefficient (Wildman–Crippen LogP) is 4.54. The molecule has 8 nitrogen and oxygen atoms in total. The van der Waals surface area contributed by atoms with Crippen LogP contribution in [-0.2, 0) is 0 Å². The van der Waals surface area contributed by atoms with Gasteiger partial charge < -0.3 is 10.3 Å². The molecule has 0 radical (unpaired) electrons. The van der Waals surface area contributed by atoms with Crippen LogP contribution in [0.25, 0.3) is 39.2 Å². The molecule has 0 bridgehead atoms. The lowest BCUT2D eigenvalue weighted by molar-refractivity contribution is 0.420. The highest BCUT2D eigenvalue weighted by atomic mass is 15.3. The van der Waals surface area contributed by atoms with Crippen molar-refractivity contribution in [2.24, 2.45) is 5.92 Å². The second-order valence-corrected chi connectivity index (χ2v) is 8.18. The van der Waals surface area contributed by atoms with Crippen LogP contribution in [0.15, 0.2) is 67.5 Å². The number of imidazole rings is 1. The fourth-order valence-corrected chi connectivity index (χ4v) is 3.86. The predicted molar refractivity (Wildman–Crippen MR) is 125 cm³/mol. The number of aromatic nitrogens is 7. The van der Waals surface area contributed by atoms with Gasteiger partial charge in [-0.05, 0) is 42.7 Å². The number of hydrogen-bond donors (Lipinski definition) is 1. The van der Waals surface area contributed by atoms with Gasteiger partial charge in [-0.25, -0.2) is 24.6 Å². The zero-order chi connectivity index (χ0) is 22.2. The molecule has 160 valence electrons. The van der Waals surface area contributed by atoms with Gasteiger partial charge in [-0.2, -0.15) is 5.10 Å². The molecular formula is C24H24N8. The third-order valence-corrected chi connectivity index (χ3v) is 5.88. The maximum atomic E-state index is 5.65. The quantitative estimate of drug-likeness (QED) is 0.444. The van der Waals surface area contributed by atoms with Gasteiger partial charge in [-0.3, -0.25) is 0 Å². The largest absolute Gasteiger partial charge is 0.368 e. The average molecular weight is 425 g/mol. The molecule has 0 saturated heterocycles. The van der Waals surface area contributed by atoms with Gasteiger partial charge in [0.1, 0.15) is 18.5 Å². The molecule has 0 saturated carbocycles. The molecular weight excluding hydrogens is 400 g/mol. The molecule has 0 aliphatic heterocycles. The Balaban J connectivity index is 1.74. The normalized spacial score (nSPS) is 12.5. The van der Waals surface area contributed by atoms with Crippen molar-refractivity contribution in [1.82, 2.24) is 34.3 Å². The van der Waals surface area contributed by atoms with E-state index in [2.05, 4.69) is 69.7 Å². The summed E-state index contributed by atoms with van der Waals surface area (Å²) in [7, 11) is 0. The lowest BCUT2D eigenvalue weighted by atomic mass is 10.0. The summed E-state index contributed by atoms with van der Waals surface area (Å²) >= 11 is 0. The van der Waals surface area contributed by atoms with E-state index in [9.17, 15) is 0 Å². The Hall–Kier alpha value is -4.07. The summed E-state index contributed by atoms with van der Waals surface area (Å²) in [6.07, 6.45) is 6.71. The van der Waals surface area contributed by atoms with Gasteiger partial charge >= 0.3 is 0 Å². The first kappa shape index (κ1) is 19.9. The smallest absolute Gasteiger partial charge is 0.219 e. The second kappa shape index (κ2) is 7.88. The minimum absolute atomic E-state index is 0.240. The third-order valence-electron chi connectivity index (χ3n) is 5.88. The van der Waals surface area contributed by atoms with E-state index >= 15 is 0 Å². The van der Waals surface area contributed by atoms with Crippen LogP contribution in [-0.4, -0.2) is 34.3 Å². The fourth-order valence-electron chi connectivity index (χ4n) is 3.86. The van der Waals surface area contributed by atoms with E-state index in [1.807, 2.05) is 18.2 Å². The monoisotopic (exact) mass is 424 g/mol. The van der Waals surface area contributed by atoms with Gasteiger partial charge in [0.05, 0.1) is 16.7 Å². The van der Waals surface area contributed by atoms with E-state index in [0.717, 1.165) is 39.2 Å². The highest BCUT2D eigenvalue weighted by Crippen LogP contribution is 2.35. The Morgan fingerprint density at radius 3 is 2.44 bits per heavy atom. The first-order chi connectivity index (χ1) is 15.5. The SMILES string of the molecule is CC(C)C(C)n1c(-c2ccccc2-n2cncn2)nc2cc(-c3cnc(N)nc3)ccc21. The summed E-state index contributed by atoms with van der Waals surface area (Å²) in [5, 5.41) is 4.34. The van der Waals surface area contributed by atoms with Gasteiger partial charge in [0.25, 0.3) is 0 Å². The molecule has 2 aromatic carbocycles. The van der Waals surface area contributed by atoms with E-state index in [0.29, 0.717) is 5.92 Å². The Kier molecular flexibility index (Phi) is 4.89. The van der Waals surface area contributed by atoms with E-state index in [1.165, 1.54) is 6.33 Å². The molecule has 2 N–H and O–H groups in total. The van der Waals surface area contributed by atoms with Gasteiger partial charge in [-0.15, -0.1) is 0 Å². The summed E-state index contributed by atoms with van der Waals surface area (Å²) < 4.78 is 4.09. The van der Waals surface area contributed by atoms with E-state index in [4.69, 9.17) is 10.7 Å². The molecule has 0 amide bonds. The summed E-state index contributed by atoms with van der Waals surface area (Å²) in [4.78, 5) is 17.5. The summed E-state index contributed by atoms with van der Waals surface area (Å²) in [6, 6.07) is 14.7. The van der Waals surface area contributed by atoms with Crippen molar-refractivity contribution in [1.29, 1.82) is 0 Å². The van der Waals surface area contributed by atoms with E-state index in [1.54, 1.807) is 23.4 Å². The molecule has 3 aromatic heterocycles. The lowest BCUT2D eigenvalue weighted by Gasteiger charge is -2.22. The summed E-state index contributed by atoms with van der Waals surface area (Å²) in [6.45, 7) is 6.68. The number of nitrogens with zero attached hydrogens (tertiary/aromatic N) is 7. The highest BCUT2D eigenvalue weighted by molar-refractivity contribution is 5.86. The van der Waals surface area contributed by atoms with Gasteiger partial charge in [0.2, 0.25) is 5.95 Å². The first-order valence-corrected chi connectivity index (χ1v) is 10.6. The molecule has 0 spiro atoms. The number of para-hydroxylation sites is 1. The van der Waals surface area contributed by atoms with Gasteiger partial charge in [0.15, 0.2) is 0 Å². The zero-order valence-corrected chi connectivity index (χ0v) is 18.2. The molecule has 5 rings (SSSR count). The van der Waals surface area contributed by atoms with Crippen LogP contribution in [0.1, 0.15) is 26.8 Å². The Bertz CT molecular complexity index is 1370. The number of nitrogens with two attached hydrogens (primary N) is 1. The van der Waals surface area contributed by atoms with Crippen LogP contribution in [0.3, 0.4) is 0 Å². The molecule has 0 aliphatic rings. The van der Waals surface area contributed by atoms with Crippen LogP contribution in [0.2, 0.25) is 0 Å². The summed E-state index contributed by atoms with van der Waals surface area (Å²) in [5.41, 5.74) is 11.5. The zero-order valence-electron chi connectivity index (χ0n) is 18.2. The second-order valence-electron chi connectivity index (χ2n) is 8.18. The maximum absolute atomic E-state index is 5.65. The van der Waals surface area contributed by atoms with E-state index in [-0.39, 0.29) is 12.0 Å². The Labute approximate surface area is 185 Å². The lowest BCUT2D eigenvalue weighted by Crippen LogP contribution is -2.13. The Morgan fingerprint density at radius 2 is 1.72 bits per heavy atom. The van der Waals surface area contributed by atoms with Crippen LogP contribution in [0.4, 0.5) is 5.95 Å². The summed E-state index contributed by atoms with van der Waals surface area (Å²) in [5.74, 6) is 1.59. The van der Waals surface area contributed by atoms with Gasteiger partial charge in [-0.1, -0.05) is 32.0 Å². The molecule has 8 heteroatoms. The number of nitrogen functional groups attached to an aromatic ring is 1. The number of fused-ring (bicyclic) bond motifs is 1. The molecule has 5 aromatic rings. The van der Waals surface area contributed by atoms with Crippen LogP contribution in [0, 0.1) is 5.92 Å². The van der Waals surface area contributed by atoms with Gasteiger partial charge in [0, 0.05) is 29.6 Å². The van der Waals surface area contributed by atoms with Crippen molar-refractivity contribution in [2.45, 2.75) is 26.8 Å². The molecule has 1 atom stereocenters. The minimum Gasteiger partial charge on any atom is -0.368 e. The van der Waals surface area contributed by atoms with Crippen molar-refractivity contribution < 1.29 is 0 Å². The average Bonchev–Trinajstić information content (AvgIpc) is 3.46. The molecule has 0 aliphatic carbocycles. The van der Waals surface area contributed by atoms with Crippen LogP contribution in [0.5, 0.6) is 0 Å². The molecule has 0 fully saturated rings. The van der Waals surface area contributed by atoms with Crippen LogP contribution >= 0.6 is 0 Å². The van der Waals surface area contributed by atoms with Crippen molar-refractivity contribution in [3.05, 3.63) is 67.5 Å². The van der Waals surface area contributed by atoms with E-state index < -0.39 is 0 Å². The topological polar surface area (TPSA) is 100 Å². The molecule has 3 heterocycles. The number of anilines is 1. The number of hydrogen-bond acceptors (Lipinski definition) is 6. The minimum atomic E-state index is 0.240. The molecule has 1 unspecified atom stereocenters. The first-order valence-electron chi connectivity index (χ1n) is 10.6.